The second kappa shape index (κ2) is 5.94. The first-order valence-corrected chi connectivity index (χ1v) is 7.03. The number of carbonyl (C=O) groups is 1. The van der Waals surface area contributed by atoms with Gasteiger partial charge >= 0.3 is 5.97 Å². The molecule has 0 spiro atoms. The van der Waals surface area contributed by atoms with Crippen LogP contribution in [0.4, 0.5) is 0 Å². The maximum Gasteiger partial charge on any atom is 0.355 e. The van der Waals surface area contributed by atoms with Crippen molar-refractivity contribution >= 4 is 29.2 Å². The van der Waals surface area contributed by atoms with Crippen LogP contribution in [0.5, 0.6) is 5.75 Å². The number of nitrogens with zero attached hydrogens (tertiary/aromatic N) is 2. The van der Waals surface area contributed by atoms with Gasteiger partial charge in [-0.1, -0.05) is 23.2 Å². The van der Waals surface area contributed by atoms with Crippen molar-refractivity contribution < 1.29 is 9.53 Å². The highest BCUT2D eigenvalue weighted by molar-refractivity contribution is 6.35. The Labute approximate surface area is 128 Å². The fourth-order valence-corrected chi connectivity index (χ4v) is 2.54. The number of rotatable bonds is 3. The van der Waals surface area contributed by atoms with E-state index in [0.29, 0.717) is 15.8 Å². The Morgan fingerprint density at radius 3 is 2.70 bits per heavy atom. The number of hydrogen-bond donors (Lipinski definition) is 0. The van der Waals surface area contributed by atoms with Gasteiger partial charge in [-0.05, 0) is 32.0 Å². The summed E-state index contributed by atoms with van der Waals surface area (Å²) in [6, 6.07) is 4.77. The monoisotopic (exact) mass is 314 g/mol. The Morgan fingerprint density at radius 1 is 1.40 bits per heavy atom. The fraction of sp³-hybridized carbons (Fsp3) is 0.357. The summed E-state index contributed by atoms with van der Waals surface area (Å²) in [5, 5.41) is 0.819. The van der Waals surface area contributed by atoms with Gasteiger partial charge in [-0.2, -0.15) is 0 Å². The van der Waals surface area contributed by atoms with E-state index < -0.39 is 6.17 Å². The molecule has 0 saturated heterocycles. The van der Waals surface area contributed by atoms with Crippen LogP contribution in [-0.2, 0) is 4.79 Å². The second-order valence-corrected chi connectivity index (χ2v) is 5.42. The number of allylic oxidation sites excluding steroid dienone is 1. The van der Waals surface area contributed by atoms with Crippen molar-refractivity contribution in [2.45, 2.75) is 20.0 Å². The van der Waals surface area contributed by atoms with Gasteiger partial charge in [0.2, 0.25) is 6.17 Å². The highest BCUT2D eigenvalue weighted by Crippen LogP contribution is 2.29. The predicted octanol–water partition coefficient (Wildman–Crippen LogP) is 3.35. The van der Waals surface area contributed by atoms with Crippen LogP contribution < -0.4 is 4.74 Å². The molecule has 1 aromatic rings. The van der Waals surface area contributed by atoms with Crippen molar-refractivity contribution in [3.05, 3.63) is 40.1 Å². The lowest BCUT2D eigenvalue weighted by molar-refractivity contribution is -0.143. The van der Waals surface area contributed by atoms with Gasteiger partial charge in [-0.15, -0.1) is 0 Å². The Balaban J connectivity index is 2.16. The van der Waals surface area contributed by atoms with E-state index in [1.807, 2.05) is 36.9 Å². The fourth-order valence-electron chi connectivity index (χ4n) is 2.09. The normalized spacial score (nSPS) is 18.2. The van der Waals surface area contributed by atoms with Gasteiger partial charge in [0.25, 0.3) is 0 Å². The lowest BCUT2D eigenvalue weighted by atomic mass is 10.3. The molecular formula is C14H16Cl2N2O2. The van der Waals surface area contributed by atoms with Crippen LogP contribution in [0.15, 0.2) is 30.1 Å². The van der Waals surface area contributed by atoms with Gasteiger partial charge in [-0.25, -0.2) is 4.79 Å². The Hall–Kier alpha value is -1.39. The summed E-state index contributed by atoms with van der Waals surface area (Å²) in [5.74, 6) is -0.0539. The highest BCUT2D eigenvalue weighted by atomic mass is 35.5. The molecule has 1 heterocycles. The molecule has 0 bridgehead atoms. The molecule has 1 aliphatic rings. The summed E-state index contributed by atoms with van der Waals surface area (Å²) in [6.45, 7) is 4.65. The van der Waals surface area contributed by atoms with Crippen molar-refractivity contribution in [3.63, 3.8) is 0 Å². The number of carbonyl (C=O) groups excluding carboxylic acids is 1. The van der Waals surface area contributed by atoms with Crippen LogP contribution in [0.25, 0.3) is 0 Å². The molecular weight excluding hydrogens is 299 g/mol. The second-order valence-electron chi connectivity index (χ2n) is 4.58. The molecule has 1 unspecified atom stereocenters. The third-order valence-electron chi connectivity index (χ3n) is 3.27. The van der Waals surface area contributed by atoms with E-state index in [4.69, 9.17) is 27.9 Å². The molecule has 0 N–H and O–H groups in total. The largest absolute Gasteiger partial charge is 0.422 e. The van der Waals surface area contributed by atoms with Gasteiger partial charge < -0.3 is 14.5 Å². The highest BCUT2D eigenvalue weighted by Gasteiger charge is 2.34. The lowest BCUT2D eigenvalue weighted by Crippen LogP contribution is -2.46. The van der Waals surface area contributed by atoms with Crippen molar-refractivity contribution in [3.8, 4) is 5.75 Å². The first-order chi connectivity index (χ1) is 9.43. The van der Waals surface area contributed by atoms with E-state index in [1.54, 1.807) is 18.2 Å². The van der Waals surface area contributed by atoms with E-state index in [9.17, 15) is 4.79 Å². The smallest absolute Gasteiger partial charge is 0.355 e. The molecule has 1 aromatic carbocycles. The number of likely N-dealkylation sites (N-methyl/N-ethyl adjacent to an activating group) is 2. The van der Waals surface area contributed by atoms with Gasteiger partial charge in [0, 0.05) is 30.5 Å². The van der Waals surface area contributed by atoms with Gasteiger partial charge in [-0.3, -0.25) is 0 Å². The standard InChI is InChI=1S/C14H16Cl2N2O2/c1-4-18-8-9(2)17(3)13(18)14(19)20-12-6-5-10(15)7-11(12)16/h5-8,13H,4H2,1-3H3. The maximum atomic E-state index is 12.3. The molecule has 0 radical (unpaired) electrons. The molecule has 6 heteroatoms. The predicted molar refractivity (Wildman–Crippen MR) is 79.8 cm³/mol. The SMILES string of the molecule is CCN1C=C(C)N(C)C1C(=O)Oc1ccc(Cl)cc1Cl. The van der Waals surface area contributed by atoms with E-state index >= 15 is 0 Å². The van der Waals surface area contributed by atoms with E-state index in [2.05, 4.69) is 0 Å². The van der Waals surface area contributed by atoms with Crippen LogP contribution >= 0.6 is 23.2 Å². The summed E-state index contributed by atoms with van der Waals surface area (Å²) < 4.78 is 5.39. The molecule has 1 atom stereocenters. The van der Waals surface area contributed by atoms with Crippen molar-refractivity contribution in [1.82, 2.24) is 9.80 Å². The molecule has 0 fully saturated rings. The van der Waals surface area contributed by atoms with Gasteiger partial charge in [0.1, 0.15) is 5.75 Å². The number of halogens is 2. The summed E-state index contributed by atoms with van der Waals surface area (Å²) in [7, 11) is 1.86. The minimum absolute atomic E-state index is 0.315. The maximum absolute atomic E-state index is 12.3. The van der Waals surface area contributed by atoms with Crippen molar-refractivity contribution in [2.75, 3.05) is 13.6 Å². The Morgan fingerprint density at radius 2 is 2.10 bits per heavy atom. The molecule has 20 heavy (non-hydrogen) atoms. The third kappa shape index (κ3) is 2.86. The molecule has 0 aromatic heterocycles. The number of esters is 1. The number of ether oxygens (including phenoxy) is 1. The Kier molecular flexibility index (Phi) is 4.45. The molecule has 0 saturated carbocycles. The van der Waals surface area contributed by atoms with Crippen LogP contribution in [0.2, 0.25) is 10.0 Å². The molecule has 0 aliphatic carbocycles. The first kappa shape index (κ1) is 15.0. The minimum Gasteiger partial charge on any atom is -0.422 e. The molecule has 4 nitrogen and oxygen atoms in total. The summed E-state index contributed by atoms with van der Waals surface area (Å²) in [5.41, 5.74) is 1.01. The average Bonchev–Trinajstić information content (AvgIpc) is 2.68. The Bertz CT molecular complexity index is 560. The van der Waals surface area contributed by atoms with E-state index in [1.165, 1.54) is 0 Å². The topological polar surface area (TPSA) is 32.8 Å². The number of benzene rings is 1. The summed E-state index contributed by atoms with van der Waals surface area (Å²) >= 11 is 11.8. The number of hydrogen-bond acceptors (Lipinski definition) is 4. The van der Waals surface area contributed by atoms with E-state index in [-0.39, 0.29) is 5.97 Å². The van der Waals surface area contributed by atoms with E-state index in [0.717, 1.165) is 12.2 Å². The summed E-state index contributed by atoms with van der Waals surface area (Å²) in [6.07, 6.45) is 1.47. The molecule has 2 rings (SSSR count). The molecule has 0 amide bonds. The minimum atomic E-state index is -0.466. The van der Waals surface area contributed by atoms with Crippen LogP contribution in [-0.4, -0.2) is 35.5 Å². The van der Waals surface area contributed by atoms with Crippen LogP contribution in [0.1, 0.15) is 13.8 Å². The lowest BCUT2D eigenvalue weighted by Gasteiger charge is -2.28. The van der Waals surface area contributed by atoms with Crippen molar-refractivity contribution in [2.24, 2.45) is 0 Å². The van der Waals surface area contributed by atoms with Gasteiger partial charge in [0.05, 0.1) is 5.02 Å². The molecule has 108 valence electrons. The zero-order valence-electron chi connectivity index (χ0n) is 11.6. The quantitative estimate of drug-likeness (QED) is 0.632. The zero-order chi connectivity index (χ0) is 14.9. The van der Waals surface area contributed by atoms with Gasteiger partial charge in [0.15, 0.2) is 0 Å². The first-order valence-electron chi connectivity index (χ1n) is 6.27. The summed E-state index contributed by atoms with van der Waals surface area (Å²) in [4.78, 5) is 16.1. The average molecular weight is 315 g/mol. The van der Waals surface area contributed by atoms with Crippen molar-refractivity contribution in [1.29, 1.82) is 0 Å². The molecule has 1 aliphatic heterocycles. The van der Waals surface area contributed by atoms with Crippen LogP contribution in [0.3, 0.4) is 0 Å². The zero-order valence-corrected chi connectivity index (χ0v) is 13.1. The van der Waals surface area contributed by atoms with Crippen LogP contribution in [0, 0.1) is 0 Å². The third-order valence-corrected chi connectivity index (χ3v) is 3.80.